The molecule has 0 radical (unpaired) electrons. The van der Waals surface area contributed by atoms with Crippen LogP contribution in [0.2, 0.25) is 0 Å². The first-order valence-electron chi connectivity index (χ1n) is 21.9. The summed E-state index contributed by atoms with van der Waals surface area (Å²) in [5.74, 6) is 0. The molecule has 0 bridgehead atoms. The van der Waals surface area contributed by atoms with Crippen molar-refractivity contribution in [1.29, 1.82) is 0 Å². The maximum absolute atomic E-state index is 17.0. The van der Waals surface area contributed by atoms with Crippen LogP contribution < -0.4 is 10.9 Å². The first-order chi connectivity index (χ1) is 32.1. The molecule has 0 aliphatic carbocycles. The molecule has 0 N–H and O–H groups in total. The first kappa shape index (κ1) is 37.3. The Kier molecular flexibility index (Phi) is 8.39. The van der Waals surface area contributed by atoms with E-state index in [1.54, 1.807) is 0 Å². The maximum atomic E-state index is 17.0. The van der Waals surface area contributed by atoms with E-state index < -0.39 is 7.29 Å². The van der Waals surface area contributed by atoms with Crippen LogP contribution in [-0.4, -0.2) is 23.4 Å². The van der Waals surface area contributed by atoms with E-state index in [1.165, 1.54) is 21.5 Å². The van der Waals surface area contributed by atoms with Crippen LogP contribution in [0.25, 0.3) is 99.3 Å². The standard InChI is InChI=1S/C58H38N5OP/c64-65(63-55-33-11-5-25-47(55)48-26-6-12-34-56(48)63,57-35-15-27-49(59-57)39-17-13-19-41(37-39)61-51-29-7-1-21-43(51)44-22-2-8-30-52(44)61)58-36-16-28-50(60-58)40-18-14-20-42(38-40)62-53-31-9-3-23-45(53)46-24-4-10-32-54(46)62/h1-38H. The number of para-hydroxylation sites is 6. The topological polar surface area (TPSA) is 57.6 Å². The number of hydrogen-bond donors (Lipinski definition) is 0. The molecule has 0 aliphatic rings. The quantitative estimate of drug-likeness (QED) is 0.150. The molecule has 7 heteroatoms. The van der Waals surface area contributed by atoms with Gasteiger partial charge in [0.15, 0.2) is 0 Å². The highest BCUT2D eigenvalue weighted by atomic mass is 31.2. The highest BCUT2D eigenvalue weighted by Gasteiger charge is 2.36. The number of fused-ring (bicyclic) bond motifs is 9. The van der Waals surface area contributed by atoms with Gasteiger partial charge in [-0.15, -0.1) is 0 Å². The molecule has 5 heterocycles. The van der Waals surface area contributed by atoms with Crippen LogP contribution in [0.15, 0.2) is 231 Å². The smallest absolute Gasteiger partial charge is 0.269 e. The first-order valence-corrected chi connectivity index (χ1v) is 23.5. The van der Waals surface area contributed by atoms with Crippen LogP contribution >= 0.6 is 7.29 Å². The second-order valence-corrected chi connectivity index (χ2v) is 19.0. The van der Waals surface area contributed by atoms with Gasteiger partial charge in [0.2, 0.25) is 0 Å². The summed E-state index contributed by atoms with van der Waals surface area (Å²) in [7, 11) is -3.88. The zero-order chi connectivity index (χ0) is 43.1. The summed E-state index contributed by atoms with van der Waals surface area (Å²) in [4.78, 5) is 10.8. The largest absolute Gasteiger partial charge is 0.309 e. The summed E-state index contributed by atoms with van der Waals surface area (Å²) >= 11 is 0. The molecule has 6 nitrogen and oxygen atoms in total. The maximum Gasteiger partial charge on any atom is 0.269 e. The molecule has 0 amide bonds. The van der Waals surface area contributed by atoms with Gasteiger partial charge in [-0.1, -0.05) is 146 Å². The fourth-order valence-corrected chi connectivity index (χ4v) is 12.7. The molecule has 0 atom stereocenters. The van der Waals surface area contributed by atoms with E-state index in [0.717, 1.165) is 77.8 Å². The summed E-state index contributed by atoms with van der Waals surface area (Å²) in [6.45, 7) is 0. The molecule has 306 valence electrons. The van der Waals surface area contributed by atoms with Crippen molar-refractivity contribution in [2.45, 2.75) is 0 Å². The Morgan fingerprint density at radius 1 is 0.308 bits per heavy atom. The molecule has 5 aromatic heterocycles. The number of benzene rings is 8. The summed E-state index contributed by atoms with van der Waals surface area (Å²) in [5, 5.41) is 6.85. The second kappa shape index (κ2) is 14.6. The average Bonchev–Trinajstić information content (AvgIpc) is 4.03. The molecular weight excluding hydrogens is 814 g/mol. The van der Waals surface area contributed by atoms with E-state index in [1.807, 2.05) is 65.0 Å². The third-order valence-electron chi connectivity index (χ3n) is 12.9. The summed E-state index contributed by atoms with van der Waals surface area (Å²) in [6, 6.07) is 79.3. The average molecular weight is 852 g/mol. The predicted molar refractivity (Wildman–Crippen MR) is 270 cm³/mol. The van der Waals surface area contributed by atoms with E-state index in [0.29, 0.717) is 10.9 Å². The van der Waals surface area contributed by atoms with Gasteiger partial charge in [-0.25, -0.2) is 9.97 Å². The zero-order valence-corrected chi connectivity index (χ0v) is 35.9. The molecule has 13 aromatic rings. The summed E-state index contributed by atoms with van der Waals surface area (Å²) < 4.78 is 23.6. The fourth-order valence-electron chi connectivity index (χ4n) is 10.0. The molecular formula is C58H38N5OP. The fraction of sp³-hybridized carbons (Fsp3) is 0. The van der Waals surface area contributed by atoms with Crippen molar-refractivity contribution in [2.24, 2.45) is 0 Å². The van der Waals surface area contributed by atoms with Gasteiger partial charge in [0, 0.05) is 54.8 Å². The summed E-state index contributed by atoms with van der Waals surface area (Å²) in [6.07, 6.45) is 0. The molecule has 0 spiro atoms. The van der Waals surface area contributed by atoms with Crippen molar-refractivity contribution in [2.75, 3.05) is 0 Å². The third kappa shape index (κ3) is 5.71. The number of aromatic nitrogens is 5. The van der Waals surface area contributed by atoms with Crippen LogP contribution in [-0.2, 0) is 4.57 Å². The van der Waals surface area contributed by atoms with Gasteiger partial charge >= 0.3 is 0 Å². The van der Waals surface area contributed by atoms with Crippen molar-refractivity contribution in [3.63, 3.8) is 0 Å². The van der Waals surface area contributed by atoms with Crippen molar-refractivity contribution < 1.29 is 4.57 Å². The van der Waals surface area contributed by atoms with Crippen LogP contribution in [0.1, 0.15) is 0 Å². The number of hydrogen-bond acceptors (Lipinski definition) is 3. The Morgan fingerprint density at radius 3 is 0.985 bits per heavy atom. The lowest BCUT2D eigenvalue weighted by Crippen LogP contribution is -2.26. The van der Waals surface area contributed by atoms with Gasteiger partial charge < -0.3 is 9.13 Å². The molecule has 0 aliphatic heterocycles. The van der Waals surface area contributed by atoms with Crippen LogP contribution in [0, 0.1) is 0 Å². The lowest BCUT2D eigenvalue weighted by molar-refractivity contribution is 0.582. The van der Waals surface area contributed by atoms with E-state index in [-0.39, 0.29) is 0 Å². The molecule has 8 aromatic carbocycles. The molecule has 0 saturated carbocycles. The van der Waals surface area contributed by atoms with Gasteiger partial charge in [0.05, 0.1) is 44.5 Å². The Hall–Kier alpha value is -8.31. The van der Waals surface area contributed by atoms with Gasteiger partial charge in [0.25, 0.3) is 7.29 Å². The monoisotopic (exact) mass is 851 g/mol. The van der Waals surface area contributed by atoms with Crippen molar-refractivity contribution in [1.82, 2.24) is 23.4 Å². The van der Waals surface area contributed by atoms with Gasteiger partial charge in [-0.05, 0) is 84.9 Å². The Morgan fingerprint density at radius 2 is 0.615 bits per heavy atom. The molecule has 0 saturated heterocycles. The van der Waals surface area contributed by atoms with Crippen LogP contribution in [0.3, 0.4) is 0 Å². The third-order valence-corrected chi connectivity index (χ3v) is 15.6. The van der Waals surface area contributed by atoms with Crippen LogP contribution in [0.5, 0.6) is 0 Å². The minimum absolute atomic E-state index is 0.451. The van der Waals surface area contributed by atoms with Crippen molar-refractivity contribution in [3.05, 3.63) is 231 Å². The van der Waals surface area contributed by atoms with Crippen molar-refractivity contribution in [3.8, 4) is 33.9 Å². The lowest BCUT2D eigenvalue weighted by atomic mass is 10.1. The second-order valence-electron chi connectivity index (χ2n) is 16.5. The molecule has 0 unspecified atom stereocenters. The van der Waals surface area contributed by atoms with E-state index in [4.69, 9.17) is 9.97 Å². The van der Waals surface area contributed by atoms with E-state index >= 15 is 4.57 Å². The Labute approximate surface area is 374 Å². The van der Waals surface area contributed by atoms with E-state index in [9.17, 15) is 0 Å². The number of pyridine rings is 2. The predicted octanol–water partition coefficient (Wildman–Crippen LogP) is 13.9. The van der Waals surface area contributed by atoms with Gasteiger partial charge in [-0.3, -0.25) is 8.90 Å². The minimum atomic E-state index is -3.88. The summed E-state index contributed by atoms with van der Waals surface area (Å²) in [5.41, 5.74) is 12.5. The highest BCUT2D eigenvalue weighted by molar-refractivity contribution is 7.77. The molecule has 65 heavy (non-hydrogen) atoms. The molecule has 0 fully saturated rings. The zero-order valence-electron chi connectivity index (χ0n) is 35.0. The Balaban J connectivity index is 0.997. The Bertz CT molecular complexity index is 3720. The number of rotatable bonds is 7. The van der Waals surface area contributed by atoms with Gasteiger partial charge in [0.1, 0.15) is 10.9 Å². The minimum Gasteiger partial charge on any atom is -0.309 e. The van der Waals surface area contributed by atoms with Crippen molar-refractivity contribution >= 4 is 83.6 Å². The lowest BCUT2D eigenvalue weighted by Gasteiger charge is -2.22. The molecule has 13 rings (SSSR count). The van der Waals surface area contributed by atoms with E-state index in [2.05, 4.69) is 179 Å². The number of nitrogens with zero attached hydrogens (tertiary/aromatic N) is 5. The van der Waals surface area contributed by atoms with Gasteiger partial charge in [-0.2, -0.15) is 0 Å². The SMILES string of the molecule is O=P(c1cccc(-c2cccc(-n3c4ccccc4c4ccccc43)c2)n1)(c1cccc(-c2cccc(-n3c4ccccc4c4ccccc43)c2)n1)n1c2ccccc2c2ccccc21. The van der Waals surface area contributed by atoms with Crippen LogP contribution in [0.4, 0.5) is 0 Å². The normalized spacial score (nSPS) is 12.1. The highest BCUT2D eigenvalue weighted by Crippen LogP contribution is 2.51.